The highest BCUT2D eigenvalue weighted by molar-refractivity contribution is 9.10. The molecule has 0 aromatic carbocycles. The molecule has 0 aliphatic carbocycles. The lowest BCUT2D eigenvalue weighted by molar-refractivity contribution is 0.0952. The lowest BCUT2D eigenvalue weighted by Gasteiger charge is -2.04. The van der Waals surface area contributed by atoms with Crippen molar-refractivity contribution in [3.8, 4) is 0 Å². The summed E-state index contributed by atoms with van der Waals surface area (Å²) >= 11 is 3.43. The van der Waals surface area contributed by atoms with Crippen molar-refractivity contribution in [1.82, 2.24) is 24.9 Å². The Balaban J connectivity index is 1.74. The van der Waals surface area contributed by atoms with E-state index in [0.717, 1.165) is 29.7 Å². The molecule has 2 aromatic heterocycles. The van der Waals surface area contributed by atoms with E-state index < -0.39 is 0 Å². The van der Waals surface area contributed by atoms with Gasteiger partial charge in [-0.25, -0.2) is 0 Å². The maximum atomic E-state index is 11.8. The number of aryl methyl sites for hydroxylation is 3. The Morgan fingerprint density at radius 1 is 1.40 bits per heavy atom. The Hall–Kier alpha value is -1.63. The van der Waals surface area contributed by atoms with Crippen LogP contribution in [0.2, 0.25) is 0 Å². The van der Waals surface area contributed by atoms with Crippen LogP contribution in [-0.2, 0) is 13.1 Å². The van der Waals surface area contributed by atoms with Gasteiger partial charge in [-0.05, 0) is 36.2 Å². The van der Waals surface area contributed by atoms with Gasteiger partial charge in [0.05, 0.1) is 21.9 Å². The smallest absolute Gasteiger partial charge is 0.254 e. The molecule has 0 atom stereocenters. The van der Waals surface area contributed by atoms with Gasteiger partial charge in [0.1, 0.15) is 0 Å². The Morgan fingerprint density at radius 3 is 2.80 bits per heavy atom. The number of carbonyl (C=O) groups is 1. The van der Waals surface area contributed by atoms with Crippen LogP contribution in [0, 0.1) is 6.92 Å². The fourth-order valence-corrected chi connectivity index (χ4v) is 2.12. The van der Waals surface area contributed by atoms with E-state index in [1.165, 1.54) is 0 Å². The van der Waals surface area contributed by atoms with Gasteiger partial charge in [0.15, 0.2) is 0 Å². The van der Waals surface area contributed by atoms with Gasteiger partial charge in [0, 0.05) is 32.0 Å². The fourth-order valence-electron chi connectivity index (χ4n) is 1.81. The molecule has 20 heavy (non-hydrogen) atoms. The summed E-state index contributed by atoms with van der Waals surface area (Å²) in [6.07, 6.45) is 6.12. The number of amides is 1. The number of carbonyl (C=O) groups excluding carboxylic acids is 1. The summed E-state index contributed by atoms with van der Waals surface area (Å²) in [5.74, 6) is -0.0810. The Bertz CT molecular complexity index is 570. The first kappa shape index (κ1) is 14.8. The Kier molecular flexibility index (Phi) is 4.94. The van der Waals surface area contributed by atoms with Gasteiger partial charge in [-0.15, -0.1) is 0 Å². The summed E-state index contributed by atoms with van der Waals surface area (Å²) in [6.45, 7) is 6.10. The Labute approximate surface area is 126 Å². The number of halogens is 1. The molecule has 0 radical (unpaired) electrons. The van der Waals surface area contributed by atoms with Crippen LogP contribution in [0.15, 0.2) is 23.1 Å². The molecule has 0 aliphatic rings. The number of nitrogens with zero attached hydrogens (tertiary/aromatic N) is 4. The number of hydrogen-bond donors (Lipinski definition) is 1. The van der Waals surface area contributed by atoms with Crippen molar-refractivity contribution in [1.29, 1.82) is 0 Å². The third-order valence-electron chi connectivity index (χ3n) is 2.96. The van der Waals surface area contributed by atoms with E-state index >= 15 is 0 Å². The average molecular weight is 340 g/mol. The number of aromatic nitrogens is 4. The largest absolute Gasteiger partial charge is 0.352 e. The maximum absolute atomic E-state index is 11.8. The second-order valence-corrected chi connectivity index (χ2v) is 5.37. The zero-order chi connectivity index (χ0) is 14.5. The molecular weight excluding hydrogens is 322 g/mol. The minimum Gasteiger partial charge on any atom is -0.352 e. The molecule has 2 heterocycles. The molecule has 0 fully saturated rings. The predicted molar refractivity (Wildman–Crippen MR) is 79.5 cm³/mol. The van der Waals surface area contributed by atoms with Crippen molar-refractivity contribution in [2.75, 3.05) is 6.54 Å². The van der Waals surface area contributed by atoms with E-state index in [1.807, 2.05) is 24.7 Å². The molecule has 1 N–H and O–H groups in total. The highest BCUT2D eigenvalue weighted by Gasteiger charge is 2.07. The second kappa shape index (κ2) is 6.69. The average Bonchev–Trinajstić information content (AvgIpc) is 3.02. The van der Waals surface area contributed by atoms with Crippen molar-refractivity contribution in [2.45, 2.75) is 33.4 Å². The lowest BCUT2D eigenvalue weighted by atomic mass is 10.3. The van der Waals surface area contributed by atoms with Gasteiger partial charge >= 0.3 is 0 Å². The minimum atomic E-state index is -0.0810. The summed E-state index contributed by atoms with van der Waals surface area (Å²) in [6, 6.07) is 0. The third-order valence-corrected chi connectivity index (χ3v) is 3.73. The van der Waals surface area contributed by atoms with Crippen LogP contribution in [0.3, 0.4) is 0 Å². The van der Waals surface area contributed by atoms with Crippen LogP contribution in [0.1, 0.15) is 29.4 Å². The predicted octanol–water partition coefficient (Wildman–Crippen LogP) is 1.99. The van der Waals surface area contributed by atoms with Crippen molar-refractivity contribution in [3.63, 3.8) is 0 Å². The quantitative estimate of drug-likeness (QED) is 0.818. The molecule has 1 amide bonds. The molecule has 2 aromatic rings. The molecule has 0 spiro atoms. The van der Waals surface area contributed by atoms with E-state index in [9.17, 15) is 4.79 Å². The van der Waals surface area contributed by atoms with Crippen LogP contribution >= 0.6 is 15.9 Å². The number of rotatable bonds is 6. The summed E-state index contributed by atoms with van der Waals surface area (Å²) in [7, 11) is 0. The summed E-state index contributed by atoms with van der Waals surface area (Å²) in [5, 5.41) is 11.3. The van der Waals surface area contributed by atoms with Gasteiger partial charge in [-0.1, -0.05) is 0 Å². The molecular formula is C13H18BrN5O. The van der Waals surface area contributed by atoms with Crippen LogP contribution in [-0.4, -0.2) is 32.0 Å². The highest BCUT2D eigenvalue weighted by atomic mass is 79.9. The summed E-state index contributed by atoms with van der Waals surface area (Å²) in [5.41, 5.74) is 1.57. The summed E-state index contributed by atoms with van der Waals surface area (Å²) < 4.78 is 4.62. The molecule has 6 nitrogen and oxygen atoms in total. The fraction of sp³-hybridized carbons (Fsp3) is 0.462. The number of nitrogens with one attached hydrogen (secondary N) is 1. The van der Waals surface area contributed by atoms with Gasteiger partial charge in [0.2, 0.25) is 0 Å². The normalized spacial score (nSPS) is 10.8. The van der Waals surface area contributed by atoms with E-state index in [-0.39, 0.29) is 5.91 Å². The molecule has 108 valence electrons. The molecule has 0 bridgehead atoms. The van der Waals surface area contributed by atoms with Crippen molar-refractivity contribution in [3.05, 3.63) is 34.3 Å². The van der Waals surface area contributed by atoms with Crippen LogP contribution < -0.4 is 5.32 Å². The van der Waals surface area contributed by atoms with Crippen molar-refractivity contribution in [2.24, 2.45) is 0 Å². The second-order valence-electron chi connectivity index (χ2n) is 4.52. The van der Waals surface area contributed by atoms with Gasteiger partial charge in [-0.3, -0.25) is 14.2 Å². The van der Waals surface area contributed by atoms with Crippen LogP contribution in [0.25, 0.3) is 0 Å². The van der Waals surface area contributed by atoms with Crippen molar-refractivity contribution < 1.29 is 4.79 Å². The molecule has 7 heteroatoms. The lowest BCUT2D eigenvalue weighted by Crippen LogP contribution is -2.25. The molecule has 0 saturated carbocycles. The van der Waals surface area contributed by atoms with Gasteiger partial charge in [-0.2, -0.15) is 10.2 Å². The summed E-state index contributed by atoms with van der Waals surface area (Å²) in [4.78, 5) is 11.8. The number of hydrogen-bond acceptors (Lipinski definition) is 3. The standard InChI is InChI=1S/C13H18BrN5O/c1-3-18-8-11(7-16-18)13(20)15-5-4-6-19-9-12(14)10(2)17-19/h7-9H,3-6H2,1-2H3,(H,15,20). The van der Waals surface area contributed by atoms with E-state index in [1.54, 1.807) is 17.1 Å². The topological polar surface area (TPSA) is 64.7 Å². The molecule has 0 saturated heterocycles. The third kappa shape index (κ3) is 3.69. The van der Waals surface area contributed by atoms with Gasteiger partial charge in [0.25, 0.3) is 5.91 Å². The van der Waals surface area contributed by atoms with Gasteiger partial charge < -0.3 is 5.32 Å². The molecule has 0 unspecified atom stereocenters. The van der Waals surface area contributed by atoms with Crippen molar-refractivity contribution >= 4 is 21.8 Å². The minimum absolute atomic E-state index is 0.0810. The van der Waals surface area contributed by atoms with E-state index in [0.29, 0.717) is 12.1 Å². The molecule has 2 rings (SSSR count). The zero-order valence-electron chi connectivity index (χ0n) is 11.6. The highest BCUT2D eigenvalue weighted by Crippen LogP contribution is 2.13. The molecule has 0 aliphatic heterocycles. The monoisotopic (exact) mass is 339 g/mol. The zero-order valence-corrected chi connectivity index (χ0v) is 13.2. The van der Waals surface area contributed by atoms with E-state index in [2.05, 4.69) is 31.4 Å². The maximum Gasteiger partial charge on any atom is 0.254 e. The van der Waals surface area contributed by atoms with Crippen LogP contribution in [0.5, 0.6) is 0 Å². The first-order valence-electron chi connectivity index (χ1n) is 6.60. The first-order chi connectivity index (χ1) is 9.60. The van der Waals surface area contributed by atoms with Crippen LogP contribution in [0.4, 0.5) is 0 Å². The first-order valence-corrected chi connectivity index (χ1v) is 7.39. The van der Waals surface area contributed by atoms with E-state index in [4.69, 9.17) is 0 Å². The Morgan fingerprint density at radius 2 is 2.20 bits per heavy atom. The SMILES string of the molecule is CCn1cc(C(=O)NCCCn2cc(Br)c(C)n2)cn1.